The number of carbonyl (C=O) groups is 1. The smallest absolute Gasteiger partial charge is 0.242 e. The molecule has 1 fully saturated rings. The fourth-order valence-electron chi connectivity index (χ4n) is 3.84. The van der Waals surface area contributed by atoms with Gasteiger partial charge in [-0.15, -0.1) is 0 Å². The van der Waals surface area contributed by atoms with E-state index < -0.39 is 0 Å². The zero-order valence-electron chi connectivity index (χ0n) is 17.8. The van der Waals surface area contributed by atoms with Gasteiger partial charge in [-0.2, -0.15) is 0 Å². The van der Waals surface area contributed by atoms with Crippen molar-refractivity contribution in [2.24, 2.45) is 4.99 Å². The van der Waals surface area contributed by atoms with Gasteiger partial charge in [0.15, 0.2) is 0 Å². The SMILES string of the molecule is CC[C@H](C)c1ccc(N=Cc2cn(CC(=O)N3CCOCC3)c3ccccc23)cc1. The van der Waals surface area contributed by atoms with Gasteiger partial charge in [-0.25, -0.2) is 0 Å². The Bertz CT molecular complexity index is 1030. The molecule has 0 saturated carbocycles. The van der Waals surface area contributed by atoms with Gasteiger partial charge in [0, 0.05) is 42.0 Å². The van der Waals surface area contributed by atoms with Crippen molar-refractivity contribution < 1.29 is 9.53 Å². The molecule has 0 unspecified atom stereocenters. The number of aromatic nitrogens is 1. The van der Waals surface area contributed by atoms with E-state index in [4.69, 9.17) is 4.74 Å². The molecule has 2 heterocycles. The second kappa shape index (κ2) is 9.26. The number of carbonyl (C=O) groups excluding carboxylic acids is 1. The first-order valence-electron chi connectivity index (χ1n) is 10.7. The average Bonchev–Trinajstić information content (AvgIpc) is 3.15. The van der Waals surface area contributed by atoms with Crippen LogP contribution in [0.1, 0.15) is 37.3 Å². The summed E-state index contributed by atoms with van der Waals surface area (Å²) in [5.41, 5.74) is 4.34. The third kappa shape index (κ3) is 4.46. The fraction of sp³-hybridized carbons (Fsp3) is 0.360. The monoisotopic (exact) mass is 403 g/mol. The first-order valence-corrected chi connectivity index (χ1v) is 10.7. The number of para-hydroxylation sites is 1. The lowest BCUT2D eigenvalue weighted by molar-refractivity contribution is -0.135. The molecular formula is C25H29N3O2. The van der Waals surface area contributed by atoms with E-state index >= 15 is 0 Å². The molecule has 0 bridgehead atoms. The van der Waals surface area contributed by atoms with Crippen molar-refractivity contribution >= 4 is 28.7 Å². The van der Waals surface area contributed by atoms with Crippen molar-refractivity contribution in [3.05, 3.63) is 65.9 Å². The Morgan fingerprint density at radius 3 is 2.60 bits per heavy atom. The summed E-state index contributed by atoms with van der Waals surface area (Å²) in [7, 11) is 0. The van der Waals surface area contributed by atoms with Crippen LogP contribution in [0, 0.1) is 0 Å². The molecule has 5 nitrogen and oxygen atoms in total. The number of ether oxygens (including phenoxy) is 1. The Morgan fingerprint density at radius 2 is 1.87 bits per heavy atom. The first kappa shape index (κ1) is 20.4. The Balaban J connectivity index is 1.55. The van der Waals surface area contributed by atoms with Crippen LogP contribution in [-0.4, -0.2) is 47.9 Å². The standard InChI is InChI=1S/C25H29N3O2/c1-3-19(2)20-8-10-22(11-9-20)26-16-21-17-28(24-7-5-4-6-23(21)24)18-25(29)27-12-14-30-15-13-27/h4-11,16-17,19H,3,12-15,18H2,1-2H3/t19-/m0/s1. The Hall–Kier alpha value is -2.92. The van der Waals surface area contributed by atoms with Crippen LogP contribution in [0.3, 0.4) is 0 Å². The number of morpholine rings is 1. The second-order valence-electron chi connectivity index (χ2n) is 7.88. The lowest BCUT2D eigenvalue weighted by Crippen LogP contribution is -2.42. The van der Waals surface area contributed by atoms with E-state index in [1.165, 1.54) is 5.56 Å². The van der Waals surface area contributed by atoms with Crippen LogP contribution in [0.25, 0.3) is 10.9 Å². The maximum Gasteiger partial charge on any atom is 0.242 e. The van der Waals surface area contributed by atoms with Crippen LogP contribution in [0.2, 0.25) is 0 Å². The first-order chi connectivity index (χ1) is 14.7. The van der Waals surface area contributed by atoms with Gasteiger partial charge in [-0.1, -0.05) is 44.2 Å². The molecule has 0 N–H and O–H groups in total. The number of hydrogen-bond acceptors (Lipinski definition) is 3. The third-order valence-electron chi connectivity index (χ3n) is 5.92. The number of hydrogen-bond donors (Lipinski definition) is 0. The number of rotatable bonds is 6. The van der Waals surface area contributed by atoms with Gasteiger partial charge in [0.1, 0.15) is 6.54 Å². The lowest BCUT2D eigenvalue weighted by atomic mass is 9.99. The largest absolute Gasteiger partial charge is 0.378 e. The number of nitrogens with zero attached hydrogens (tertiary/aromatic N) is 3. The number of aliphatic imine (C=N–C) groups is 1. The van der Waals surface area contributed by atoms with Gasteiger partial charge in [-0.3, -0.25) is 9.79 Å². The Kier molecular flexibility index (Phi) is 6.29. The highest BCUT2D eigenvalue weighted by Crippen LogP contribution is 2.24. The maximum absolute atomic E-state index is 12.7. The van der Waals surface area contributed by atoms with E-state index in [9.17, 15) is 4.79 Å². The van der Waals surface area contributed by atoms with E-state index in [1.54, 1.807) is 0 Å². The molecule has 1 aromatic heterocycles. The highest BCUT2D eigenvalue weighted by atomic mass is 16.5. The molecule has 0 spiro atoms. The van der Waals surface area contributed by atoms with Crippen molar-refractivity contribution in [1.29, 1.82) is 0 Å². The van der Waals surface area contributed by atoms with Crippen LogP contribution in [0.15, 0.2) is 59.7 Å². The molecule has 1 atom stereocenters. The molecule has 2 aromatic carbocycles. The molecule has 0 radical (unpaired) electrons. The van der Waals surface area contributed by atoms with Gasteiger partial charge in [-0.05, 0) is 36.1 Å². The number of benzene rings is 2. The van der Waals surface area contributed by atoms with Crippen molar-refractivity contribution in [2.45, 2.75) is 32.7 Å². The summed E-state index contributed by atoms with van der Waals surface area (Å²) in [5.74, 6) is 0.688. The van der Waals surface area contributed by atoms with Gasteiger partial charge in [0.05, 0.1) is 18.9 Å². The minimum absolute atomic E-state index is 0.128. The van der Waals surface area contributed by atoms with Crippen LogP contribution in [-0.2, 0) is 16.1 Å². The van der Waals surface area contributed by atoms with Gasteiger partial charge in [0.25, 0.3) is 0 Å². The summed E-state index contributed by atoms with van der Waals surface area (Å²) in [6, 6.07) is 16.6. The van der Waals surface area contributed by atoms with Crippen LogP contribution < -0.4 is 0 Å². The average molecular weight is 404 g/mol. The Labute approximate surface area is 178 Å². The van der Waals surface area contributed by atoms with Crippen molar-refractivity contribution in [3.8, 4) is 0 Å². The summed E-state index contributed by atoms with van der Waals surface area (Å²) < 4.78 is 7.39. The molecule has 3 aromatic rings. The predicted molar refractivity (Wildman–Crippen MR) is 122 cm³/mol. The number of fused-ring (bicyclic) bond motifs is 1. The van der Waals surface area contributed by atoms with Crippen molar-refractivity contribution in [1.82, 2.24) is 9.47 Å². The predicted octanol–water partition coefficient (Wildman–Crippen LogP) is 4.76. The van der Waals surface area contributed by atoms with Gasteiger partial charge >= 0.3 is 0 Å². The van der Waals surface area contributed by atoms with Crippen molar-refractivity contribution in [2.75, 3.05) is 26.3 Å². The van der Waals surface area contributed by atoms with Gasteiger partial charge in [0.2, 0.25) is 5.91 Å². The zero-order chi connectivity index (χ0) is 20.9. The van der Waals surface area contributed by atoms with E-state index in [1.807, 2.05) is 34.0 Å². The maximum atomic E-state index is 12.7. The summed E-state index contributed by atoms with van der Waals surface area (Å²) in [5, 5.41) is 1.10. The molecule has 1 saturated heterocycles. The van der Waals surface area contributed by atoms with Crippen LogP contribution >= 0.6 is 0 Å². The van der Waals surface area contributed by atoms with Gasteiger partial charge < -0.3 is 14.2 Å². The Morgan fingerprint density at radius 1 is 1.13 bits per heavy atom. The second-order valence-corrected chi connectivity index (χ2v) is 7.88. The zero-order valence-corrected chi connectivity index (χ0v) is 17.8. The minimum Gasteiger partial charge on any atom is -0.378 e. The minimum atomic E-state index is 0.128. The summed E-state index contributed by atoms with van der Waals surface area (Å²) in [6.45, 7) is 7.34. The molecule has 1 amide bonds. The summed E-state index contributed by atoms with van der Waals surface area (Å²) in [6.07, 6.45) is 5.06. The quantitative estimate of drug-likeness (QED) is 0.557. The molecule has 1 aliphatic rings. The molecular weight excluding hydrogens is 374 g/mol. The molecule has 1 aliphatic heterocycles. The van der Waals surface area contributed by atoms with E-state index in [0.717, 1.165) is 28.6 Å². The fourth-order valence-corrected chi connectivity index (χ4v) is 3.84. The van der Waals surface area contributed by atoms with E-state index in [0.29, 0.717) is 38.8 Å². The summed E-state index contributed by atoms with van der Waals surface area (Å²) >= 11 is 0. The van der Waals surface area contributed by atoms with E-state index in [-0.39, 0.29) is 5.91 Å². The normalized spacial score (nSPS) is 15.7. The molecule has 30 heavy (non-hydrogen) atoms. The molecule has 0 aliphatic carbocycles. The van der Waals surface area contributed by atoms with Crippen LogP contribution in [0.5, 0.6) is 0 Å². The van der Waals surface area contributed by atoms with E-state index in [2.05, 4.69) is 55.2 Å². The molecule has 5 heteroatoms. The lowest BCUT2D eigenvalue weighted by Gasteiger charge is -2.27. The highest BCUT2D eigenvalue weighted by Gasteiger charge is 2.18. The molecule has 4 rings (SSSR count). The van der Waals surface area contributed by atoms with Crippen molar-refractivity contribution in [3.63, 3.8) is 0 Å². The van der Waals surface area contributed by atoms with Crippen LogP contribution in [0.4, 0.5) is 5.69 Å². The molecule has 156 valence electrons. The third-order valence-corrected chi connectivity index (χ3v) is 5.92. The summed E-state index contributed by atoms with van der Waals surface area (Å²) in [4.78, 5) is 19.3. The number of amides is 1. The highest BCUT2D eigenvalue weighted by molar-refractivity contribution is 6.00. The topological polar surface area (TPSA) is 46.8 Å².